The van der Waals surface area contributed by atoms with Crippen LogP contribution in [0.3, 0.4) is 0 Å². The molecule has 7 nitrogen and oxygen atoms in total. The van der Waals surface area contributed by atoms with Crippen molar-refractivity contribution in [2.24, 2.45) is 0 Å². The number of carbonyl (C=O) groups excluding carboxylic acids is 1. The summed E-state index contributed by atoms with van der Waals surface area (Å²) in [5.74, 6) is 1.33. The summed E-state index contributed by atoms with van der Waals surface area (Å²) in [4.78, 5) is 14.6. The van der Waals surface area contributed by atoms with Crippen LogP contribution in [0.5, 0.6) is 11.5 Å². The molecule has 4 rings (SSSR count). The van der Waals surface area contributed by atoms with Crippen LogP contribution in [0.1, 0.15) is 31.9 Å². The van der Waals surface area contributed by atoms with Crippen LogP contribution in [0, 0.1) is 0 Å². The van der Waals surface area contributed by atoms with Crippen LogP contribution >= 0.6 is 0 Å². The predicted molar refractivity (Wildman–Crippen MR) is 124 cm³/mol. The number of nitrogens with zero attached hydrogens (tertiary/aromatic N) is 3. The van der Waals surface area contributed by atoms with Gasteiger partial charge < -0.3 is 19.7 Å². The molecule has 1 aliphatic rings. The summed E-state index contributed by atoms with van der Waals surface area (Å²) in [7, 11) is 0. The lowest BCUT2D eigenvalue weighted by molar-refractivity contribution is -0.123. The van der Waals surface area contributed by atoms with Gasteiger partial charge >= 0.3 is 0 Å². The molecule has 0 unspecified atom stereocenters. The number of rotatable bonds is 9. The van der Waals surface area contributed by atoms with E-state index in [2.05, 4.69) is 39.6 Å². The number of nitrogens with one attached hydrogen (secondary N) is 1. The Morgan fingerprint density at radius 2 is 1.97 bits per heavy atom. The summed E-state index contributed by atoms with van der Waals surface area (Å²) in [5.41, 5.74) is 2.24. The van der Waals surface area contributed by atoms with E-state index in [9.17, 15) is 4.79 Å². The number of hydrogen-bond donors (Lipinski definition) is 1. The Kier molecular flexibility index (Phi) is 6.94. The maximum atomic E-state index is 12.3. The van der Waals surface area contributed by atoms with E-state index in [4.69, 9.17) is 9.47 Å². The standard InChI is InChI=1S/C25H30N4O3/c1-19(2)29-16-24(14-26-29)32-18-25(30)27-21-11-12-28(15-21)22-9-6-10-23(13-22)31-17-20-7-4-3-5-8-20/h3-10,13-14,16,19,21H,11-12,15,17-18H2,1-2H3,(H,27,30)/t21-/m0/s1. The maximum Gasteiger partial charge on any atom is 0.258 e. The molecular weight excluding hydrogens is 404 g/mol. The Morgan fingerprint density at radius 3 is 2.75 bits per heavy atom. The molecule has 1 amide bonds. The lowest BCUT2D eigenvalue weighted by atomic mass is 10.2. The fourth-order valence-electron chi connectivity index (χ4n) is 3.72. The zero-order valence-electron chi connectivity index (χ0n) is 18.6. The summed E-state index contributed by atoms with van der Waals surface area (Å²) in [6.07, 6.45) is 4.34. The third kappa shape index (κ3) is 5.81. The van der Waals surface area contributed by atoms with Gasteiger partial charge in [-0.2, -0.15) is 5.10 Å². The summed E-state index contributed by atoms with van der Waals surface area (Å²) in [6.45, 7) is 6.26. The summed E-state index contributed by atoms with van der Waals surface area (Å²) < 4.78 is 13.3. The molecule has 3 aromatic rings. The predicted octanol–water partition coefficient (Wildman–Crippen LogP) is 3.82. The van der Waals surface area contributed by atoms with Crippen molar-refractivity contribution >= 4 is 11.6 Å². The Balaban J connectivity index is 1.24. The first-order chi connectivity index (χ1) is 15.6. The van der Waals surface area contributed by atoms with Crippen molar-refractivity contribution in [1.82, 2.24) is 15.1 Å². The quantitative estimate of drug-likeness (QED) is 0.555. The minimum Gasteiger partial charge on any atom is -0.489 e. The highest BCUT2D eigenvalue weighted by Crippen LogP contribution is 2.25. The van der Waals surface area contributed by atoms with E-state index in [-0.39, 0.29) is 24.6 Å². The van der Waals surface area contributed by atoms with Crippen molar-refractivity contribution in [3.8, 4) is 11.5 Å². The highest BCUT2D eigenvalue weighted by atomic mass is 16.5. The van der Waals surface area contributed by atoms with Crippen LogP contribution in [0.4, 0.5) is 5.69 Å². The molecule has 2 heterocycles. The van der Waals surface area contributed by atoms with Crippen LogP contribution in [0.2, 0.25) is 0 Å². The van der Waals surface area contributed by atoms with Crippen LogP contribution in [-0.4, -0.2) is 41.4 Å². The molecule has 2 aromatic carbocycles. The maximum absolute atomic E-state index is 12.3. The minimum atomic E-state index is -0.117. The fraction of sp³-hybridized carbons (Fsp3) is 0.360. The van der Waals surface area contributed by atoms with Gasteiger partial charge in [0.2, 0.25) is 0 Å². The van der Waals surface area contributed by atoms with Gasteiger partial charge in [-0.1, -0.05) is 36.4 Å². The summed E-state index contributed by atoms with van der Waals surface area (Å²) in [6, 6.07) is 18.6. The second-order valence-corrected chi connectivity index (χ2v) is 8.31. The fourth-order valence-corrected chi connectivity index (χ4v) is 3.72. The molecule has 32 heavy (non-hydrogen) atoms. The lowest BCUT2D eigenvalue weighted by Gasteiger charge is -2.20. The van der Waals surface area contributed by atoms with Crippen molar-refractivity contribution < 1.29 is 14.3 Å². The van der Waals surface area contributed by atoms with Gasteiger partial charge in [0.25, 0.3) is 5.91 Å². The molecular formula is C25H30N4O3. The highest BCUT2D eigenvalue weighted by molar-refractivity contribution is 5.78. The van der Waals surface area contributed by atoms with Crippen LogP contribution in [-0.2, 0) is 11.4 Å². The number of carbonyl (C=O) groups is 1. The van der Waals surface area contributed by atoms with Crippen LogP contribution in [0.15, 0.2) is 67.0 Å². The van der Waals surface area contributed by atoms with E-state index >= 15 is 0 Å². The van der Waals surface area contributed by atoms with E-state index in [0.29, 0.717) is 12.4 Å². The first kappa shape index (κ1) is 21.7. The molecule has 0 aliphatic carbocycles. The molecule has 1 N–H and O–H groups in total. The topological polar surface area (TPSA) is 68.6 Å². The number of amides is 1. The number of anilines is 1. The van der Waals surface area contributed by atoms with Gasteiger partial charge in [-0.15, -0.1) is 0 Å². The Bertz CT molecular complexity index is 1020. The number of benzene rings is 2. The van der Waals surface area contributed by atoms with Crippen LogP contribution in [0.25, 0.3) is 0 Å². The van der Waals surface area contributed by atoms with Crippen molar-refractivity contribution in [1.29, 1.82) is 0 Å². The average molecular weight is 435 g/mol. The average Bonchev–Trinajstić information content (AvgIpc) is 3.47. The van der Waals surface area contributed by atoms with Crippen molar-refractivity contribution in [3.63, 3.8) is 0 Å². The van der Waals surface area contributed by atoms with Gasteiger partial charge in [0.1, 0.15) is 12.4 Å². The van der Waals surface area contributed by atoms with E-state index in [1.807, 2.05) is 50.4 Å². The molecule has 1 aliphatic heterocycles. The second kappa shape index (κ2) is 10.2. The molecule has 0 spiro atoms. The van der Waals surface area contributed by atoms with Crippen molar-refractivity contribution in [3.05, 3.63) is 72.6 Å². The van der Waals surface area contributed by atoms with Gasteiger partial charge in [0.05, 0.1) is 12.4 Å². The van der Waals surface area contributed by atoms with Gasteiger partial charge in [-0.25, -0.2) is 0 Å². The molecule has 0 radical (unpaired) electrons. The normalized spacial score (nSPS) is 15.7. The minimum absolute atomic E-state index is 0.0108. The van der Waals surface area contributed by atoms with Gasteiger partial charge in [-0.3, -0.25) is 9.48 Å². The Hall–Kier alpha value is -3.48. The number of ether oxygens (including phenoxy) is 2. The van der Waals surface area contributed by atoms with E-state index in [1.165, 1.54) is 0 Å². The molecule has 168 valence electrons. The largest absolute Gasteiger partial charge is 0.489 e. The number of aromatic nitrogens is 2. The first-order valence-corrected chi connectivity index (χ1v) is 11.0. The zero-order chi connectivity index (χ0) is 22.3. The molecule has 1 atom stereocenters. The molecule has 1 fully saturated rings. The van der Waals surface area contributed by atoms with Gasteiger partial charge in [-0.05, 0) is 38.0 Å². The number of hydrogen-bond acceptors (Lipinski definition) is 5. The summed E-state index contributed by atoms with van der Waals surface area (Å²) in [5, 5.41) is 7.30. The summed E-state index contributed by atoms with van der Waals surface area (Å²) >= 11 is 0. The van der Waals surface area contributed by atoms with Crippen molar-refractivity contribution in [2.75, 3.05) is 24.6 Å². The van der Waals surface area contributed by atoms with Gasteiger partial charge in [0.15, 0.2) is 12.4 Å². The third-order valence-electron chi connectivity index (χ3n) is 5.46. The van der Waals surface area contributed by atoms with E-state index in [0.717, 1.165) is 36.5 Å². The Labute approximate surface area is 188 Å². The Morgan fingerprint density at radius 1 is 1.12 bits per heavy atom. The molecule has 7 heteroatoms. The molecule has 1 aromatic heterocycles. The smallest absolute Gasteiger partial charge is 0.258 e. The van der Waals surface area contributed by atoms with Crippen molar-refractivity contribution in [2.45, 2.75) is 39.0 Å². The zero-order valence-corrected chi connectivity index (χ0v) is 18.6. The van der Waals surface area contributed by atoms with E-state index < -0.39 is 0 Å². The van der Waals surface area contributed by atoms with Crippen LogP contribution < -0.4 is 19.7 Å². The molecule has 0 saturated carbocycles. The molecule has 1 saturated heterocycles. The highest BCUT2D eigenvalue weighted by Gasteiger charge is 2.24. The lowest BCUT2D eigenvalue weighted by Crippen LogP contribution is -2.39. The SMILES string of the molecule is CC(C)n1cc(OCC(=O)N[C@H]2CCN(c3cccc(OCc4ccccc4)c3)C2)cn1. The third-order valence-corrected chi connectivity index (χ3v) is 5.46. The first-order valence-electron chi connectivity index (χ1n) is 11.0. The van der Waals surface area contributed by atoms with E-state index in [1.54, 1.807) is 10.9 Å². The molecule has 0 bridgehead atoms. The van der Waals surface area contributed by atoms with Gasteiger partial charge in [0, 0.05) is 36.9 Å². The second-order valence-electron chi connectivity index (χ2n) is 8.31. The monoisotopic (exact) mass is 434 g/mol.